The summed E-state index contributed by atoms with van der Waals surface area (Å²) < 4.78 is 1.07. The molecule has 0 saturated heterocycles. The van der Waals surface area contributed by atoms with Crippen LogP contribution in [0.25, 0.3) is 5.52 Å². The molecule has 0 aliphatic carbocycles. The number of hydrogen-bond donors (Lipinski definition) is 2. The van der Waals surface area contributed by atoms with Crippen LogP contribution in [-0.2, 0) is 0 Å². The number of aromatic carboxylic acids is 1. The molecule has 0 saturated carbocycles. The van der Waals surface area contributed by atoms with Crippen molar-refractivity contribution in [3.63, 3.8) is 0 Å². The first-order valence-corrected chi connectivity index (χ1v) is 4.08. The van der Waals surface area contributed by atoms with Crippen LogP contribution in [0.3, 0.4) is 0 Å². The van der Waals surface area contributed by atoms with Gasteiger partial charge in [-0.05, 0) is 12.1 Å². The number of carbonyl (C=O) groups is 1. The smallest absolute Gasteiger partial charge is 0.372 e. The highest BCUT2D eigenvalue weighted by molar-refractivity contribution is 6.33. The Morgan fingerprint density at radius 3 is 2.86 bits per heavy atom. The van der Waals surface area contributed by atoms with Crippen LogP contribution in [0.5, 0.6) is 5.88 Å². The summed E-state index contributed by atoms with van der Waals surface area (Å²) in [5.41, 5.74) is 0.365. The minimum Gasteiger partial charge on any atom is -0.494 e. The maximum absolute atomic E-state index is 10.7. The molecule has 2 rings (SSSR count). The van der Waals surface area contributed by atoms with Gasteiger partial charge in [0.25, 0.3) is 0 Å². The highest BCUT2D eigenvalue weighted by Crippen LogP contribution is 2.22. The molecule has 2 N–H and O–H groups in total. The number of aromatic hydroxyl groups is 1. The first-order chi connectivity index (χ1) is 6.61. The summed E-state index contributed by atoms with van der Waals surface area (Å²) in [5.74, 6) is -1.75. The topological polar surface area (TPSA) is 74.8 Å². The van der Waals surface area contributed by atoms with Gasteiger partial charge in [-0.15, -0.1) is 0 Å². The fourth-order valence-electron chi connectivity index (χ4n) is 1.23. The van der Waals surface area contributed by atoms with E-state index in [0.29, 0.717) is 5.52 Å². The average Bonchev–Trinajstić information content (AvgIpc) is 2.46. The van der Waals surface area contributed by atoms with Crippen LogP contribution in [0.15, 0.2) is 18.2 Å². The number of pyridine rings is 1. The van der Waals surface area contributed by atoms with E-state index in [9.17, 15) is 9.90 Å². The van der Waals surface area contributed by atoms with Crippen LogP contribution in [0.2, 0.25) is 5.15 Å². The number of fused-ring (bicyclic) bond motifs is 1. The number of rotatable bonds is 1. The van der Waals surface area contributed by atoms with E-state index in [2.05, 4.69) is 4.98 Å². The van der Waals surface area contributed by atoms with Gasteiger partial charge in [-0.3, -0.25) is 4.40 Å². The normalized spacial score (nSPS) is 10.6. The summed E-state index contributed by atoms with van der Waals surface area (Å²) in [6.45, 7) is 0. The van der Waals surface area contributed by atoms with Crippen LogP contribution in [0.4, 0.5) is 0 Å². The molecule has 0 amide bonds. The van der Waals surface area contributed by atoms with Crippen molar-refractivity contribution in [2.45, 2.75) is 0 Å². The van der Waals surface area contributed by atoms with Crippen molar-refractivity contribution in [3.8, 4) is 5.88 Å². The van der Waals surface area contributed by atoms with Gasteiger partial charge in [-0.25, -0.2) is 9.78 Å². The minimum atomic E-state index is -1.24. The van der Waals surface area contributed by atoms with Crippen molar-refractivity contribution in [2.24, 2.45) is 0 Å². The molecule has 0 unspecified atom stereocenters. The van der Waals surface area contributed by atoms with Gasteiger partial charge in [0.15, 0.2) is 11.0 Å². The molecule has 6 heteroatoms. The van der Waals surface area contributed by atoms with Crippen molar-refractivity contribution >= 4 is 23.1 Å². The number of aromatic nitrogens is 2. The Kier molecular flexibility index (Phi) is 1.82. The van der Waals surface area contributed by atoms with E-state index in [1.54, 1.807) is 12.1 Å². The highest BCUT2D eigenvalue weighted by atomic mass is 35.5. The maximum Gasteiger partial charge on any atom is 0.372 e. The number of imidazole rings is 1. The van der Waals surface area contributed by atoms with Crippen LogP contribution in [0, 0.1) is 0 Å². The van der Waals surface area contributed by atoms with Crippen molar-refractivity contribution in [3.05, 3.63) is 29.2 Å². The van der Waals surface area contributed by atoms with Gasteiger partial charge >= 0.3 is 5.97 Å². The van der Waals surface area contributed by atoms with E-state index in [4.69, 9.17) is 16.7 Å². The molecule has 5 nitrogen and oxygen atoms in total. The predicted molar refractivity (Wildman–Crippen MR) is 48.8 cm³/mol. The fourth-order valence-corrected chi connectivity index (χ4v) is 1.45. The number of hydrogen-bond acceptors (Lipinski definition) is 3. The second-order valence-electron chi connectivity index (χ2n) is 2.64. The van der Waals surface area contributed by atoms with Gasteiger partial charge in [0.1, 0.15) is 0 Å². The SMILES string of the molecule is O=C(O)c1nc(Cl)c2cccc(O)n12. The largest absolute Gasteiger partial charge is 0.494 e. The lowest BCUT2D eigenvalue weighted by molar-refractivity contribution is 0.0681. The van der Waals surface area contributed by atoms with Gasteiger partial charge in [0.2, 0.25) is 5.82 Å². The Hall–Kier alpha value is -1.75. The first-order valence-electron chi connectivity index (χ1n) is 3.70. The lowest BCUT2D eigenvalue weighted by atomic mass is 10.4. The highest BCUT2D eigenvalue weighted by Gasteiger charge is 2.17. The number of carboxylic acids is 1. The Bertz CT molecular complexity index is 521. The number of halogens is 1. The molecule has 72 valence electrons. The molecule has 0 spiro atoms. The lowest BCUT2D eigenvalue weighted by Crippen LogP contribution is -2.03. The Morgan fingerprint density at radius 1 is 1.50 bits per heavy atom. The Labute approximate surface area is 83.2 Å². The molecule has 0 atom stereocenters. The summed E-state index contributed by atoms with van der Waals surface area (Å²) in [6.07, 6.45) is 0. The molecule has 2 aromatic rings. The van der Waals surface area contributed by atoms with Crippen LogP contribution >= 0.6 is 11.6 Å². The Balaban J connectivity index is 2.93. The Morgan fingerprint density at radius 2 is 2.21 bits per heavy atom. The molecule has 0 aliphatic rings. The first kappa shape index (κ1) is 8.83. The van der Waals surface area contributed by atoms with Crippen LogP contribution in [0.1, 0.15) is 10.6 Å². The third kappa shape index (κ3) is 1.10. The fraction of sp³-hybridized carbons (Fsp3) is 0. The zero-order valence-electron chi connectivity index (χ0n) is 6.81. The molecular formula is C8H5ClN2O3. The van der Waals surface area contributed by atoms with E-state index < -0.39 is 5.97 Å². The van der Waals surface area contributed by atoms with E-state index >= 15 is 0 Å². The molecule has 0 fully saturated rings. The number of nitrogens with zero attached hydrogens (tertiary/aromatic N) is 2. The molecule has 0 aromatic carbocycles. The van der Waals surface area contributed by atoms with Crippen molar-refractivity contribution in [1.29, 1.82) is 0 Å². The predicted octanol–water partition coefficient (Wildman–Crippen LogP) is 1.39. The summed E-state index contributed by atoms with van der Waals surface area (Å²) in [7, 11) is 0. The van der Waals surface area contributed by atoms with Gasteiger partial charge in [-0.1, -0.05) is 17.7 Å². The van der Waals surface area contributed by atoms with Gasteiger partial charge in [0, 0.05) is 0 Å². The monoisotopic (exact) mass is 212 g/mol. The molecule has 2 heterocycles. The zero-order chi connectivity index (χ0) is 10.3. The van der Waals surface area contributed by atoms with E-state index in [0.717, 1.165) is 4.40 Å². The van der Waals surface area contributed by atoms with E-state index in [-0.39, 0.29) is 16.9 Å². The summed E-state index contributed by atoms with van der Waals surface area (Å²) in [6, 6.07) is 4.49. The molecule has 14 heavy (non-hydrogen) atoms. The van der Waals surface area contributed by atoms with Gasteiger partial charge in [0.05, 0.1) is 5.52 Å². The van der Waals surface area contributed by atoms with Gasteiger partial charge in [-0.2, -0.15) is 0 Å². The van der Waals surface area contributed by atoms with Crippen molar-refractivity contribution < 1.29 is 15.0 Å². The van der Waals surface area contributed by atoms with E-state index in [1.165, 1.54) is 6.07 Å². The average molecular weight is 213 g/mol. The minimum absolute atomic E-state index is 0.0540. The number of carboxylic acid groups (broad SMARTS) is 1. The molecular weight excluding hydrogens is 208 g/mol. The van der Waals surface area contributed by atoms with E-state index in [1.807, 2.05) is 0 Å². The maximum atomic E-state index is 10.7. The van der Waals surface area contributed by atoms with Crippen molar-refractivity contribution in [2.75, 3.05) is 0 Å². The second-order valence-corrected chi connectivity index (χ2v) is 2.99. The molecule has 0 bridgehead atoms. The molecule has 0 aliphatic heterocycles. The third-order valence-electron chi connectivity index (χ3n) is 1.79. The van der Waals surface area contributed by atoms with Crippen molar-refractivity contribution in [1.82, 2.24) is 9.38 Å². The van der Waals surface area contributed by atoms with Crippen LogP contribution in [-0.4, -0.2) is 25.6 Å². The summed E-state index contributed by atoms with van der Waals surface area (Å²) >= 11 is 5.69. The van der Waals surface area contributed by atoms with Crippen LogP contribution < -0.4 is 0 Å². The molecule has 2 aromatic heterocycles. The quantitative estimate of drug-likeness (QED) is 0.749. The standard InChI is InChI=1S/C8H5ClN2O3/c9-6-4-2-1-3-5(12)11(4)7(10-6)8(13)14/h1-3,12H,(H,13,14). The summed E-state index contributed by atoms with van der Waals surface area (Å²) in [4.78, 5) is 14.3. The van der Waals surface area contributed by atoms with Gasteiger partial charge < -0.3 is 10.2 Å². The lowest BCUT2D eigenvalue weighted by Gasteiger charge is -1.98. The summed E-state index contributed by atoms with van der Waals surface area (Å²) in [5, 5.41) is 18.2. The second kappa shape index (κ2) is 2.88. The zero-order valence-corrected chi connectivity index (χ0v) is 7.56. The third-order valence-corrected chi connectivity index (χ3v) is 2.07. The molecule has 0 radical (unpaired) electrons.